The molecule has 1 aromatic heterocycles. The van der Waals surface area contributed by atoms with Gasteiger partial charge in [-0.1, -0.05) is 6.42 Å². The molecule has 0 saturated heterocycles. The lowest BCUT2D eigenvalue weighted by molar-refractivity contribution is -0.148. The molecule has 0 aliphatic heterocycles. The van der Waals surface area contributed by atoms with Crippen molar-refractivity contribution in [2.45, 2.75) is 44.7 Å². The first-order valence-electron chi connectivity index (χ1n) is 6.79. The van der Waals surface area contributed by atoms with E-state index in [0.717, 1.165) is 37.9 Å². The monoisotopic (exact) mass is 248 g/mol. The minimum Gasteiger partial charge on any atom is -0.467 e. The molecule has 4 heteroatoms. The maximum Gasteiger partial charge on any atom is 0.230 e. The van der Waals surface area contributed by atoms with Crippen LogP contribution in [-0.2, 0) is 11.3 Å². The van der Waals surface area contributed by atoms with Gasteiger partial charge in [-0.25, -0.2) is 0 Å². The third kappa shape index (κ3) is 1.94. The lowest BCUT2D eigenvalue weighted by Gasteiger charge is -2.42. The van der Waals surface area contributed by atoms with Crippen LogP contribution in [0.3, 0.4) is 0 Å². The van der Waals surface area contributed by atoms with Crippen LogP contribution in [0.4, 0.5) is 0 Å². The van der Waals surface area contributed by atoms with Gasteiger partial charge in [-0.2, -0.15) is 0 Å². The zero-order chi connectivity index (χ0) is 12.6. The van der Waals surface area contributed by atoms with Crippen molar-refractivity contribution >= 4 is 5.91 Å². The summed E-state index contributed by atoms with van der Waals surface area (Å²) in [6, 6.07) is 4.21. The molecule has 0 bridgehead atoms. The molecule has 0 atom stereocenters. The highest BCUT2D eigenvalue weighted by Crippen LogP contribution is 2.44. The molecule has 4 nitrogen and oxygen atoms in total. The van der Waals surface area contributed by atoms with Gasteiger partial charge in [0.1, 0.15) is 5.76 Å². The van der Waals surface area contributed by atoms with Crippen LogP contribution in [0.1, 0.15) is 37.9 Å². The van der Waals surface area contributed by atoms with Gasteiger partial charge >= 0.3 is 0 Å². The first-order valence-corrected chi connectivity index (χ1v) is 6.79. The largest absolute Gasteiger partial charge is 0.467 e. The van der Waals surface area contributed by atoms with Crippen LogP contribution in [0.15, 0.2) is 22.8 Å². The fourth-order valence-corrected chi connectivity index (χ4v) is 2.74. The minimum atomic E-state index is -0.269. The second-order valence-corrected chi connectivity index (χ2v) is 5.58. The average Bonchev–Trinajstić information content (AvgIpc) is 3.03. The maximum atomic E-state index is 12.7. The summed E-state index contributed by atoms with van der Waals surface area (Å²) in [6.45, 7) is 1.07. The van der Waals surface area contributed by atoms with E-state index in [2.05, 4.69) is 0 Å². The van der Waals surface area contributed by atoms with Crippen LogP contribution >= 0.6 is 0 Å². The van der Waals surface area contributed by atoms with Crippen LogP contribution in [0.25, 0.3) is 0 Å². The number of amides is 1. The molecule has 2 N–H and O–H groups in total. The van der Waals surface area contributed by atoms with Crippen molar-refractivity contribution in [2.75, 3.05) is 6.54 Å². The molecule has 3 rings (SSSR count). The fourth-order valence-electron chi connectivity index (χ4n) is 2.74. The van der Waals surface area contributed by atoms with E-state index in [1.807, 2.05) is 17.0 Å². The third-order valence-electron chi connectivity index (χ3n) is 4.31. The van der Waals surface area contributed by atoms with Gasteiger partial charge in [0.05, 0.1) is 18.2 Å². The molecule has 0 aromatic carbocycles. The first-order chi connectivity index (χ1) is 8.75. The number of nitrogens with zero attached hydrogens (tertiary/aromatic N) is 1. The Kier molecular flexibility index (Phi) is 2.90. The molecular formula is C14H20N2O2. The third-order valence-corrected chi connectivity index (χ3v) is 4.31. The van der Waals surface area contributed by atoms with Crippen molar-refractivity contribution in [1.82, 2.24) is 4.90 Å². The van der Waals surface area contributed by atoms with E-state index in [4.69, 9.17) is 10.2 Å². The molecule has 2 saturated carbocycles. The smallest absolute Gasteiger partial charge is 0.230 e. The van der Waals surface area contributed by atoms with Crippen molar-refractivity contribution in [3.8, 4) is 0 Å². The summed E-state index contributed by atoms with van der Waals surface area (Å²) in [4.78, 5) is 14.7. The summed E-state index contributed by atoms with van der Waals surface area (Å²) in [5, 5.41) is 0. The molecule has 98 valence electrons. The van der Waals surface area contributed by atoms with E-state index >= 15 is 0 Å². The SMILES string of the molecule is NCC1(C(=O)N(Cc2ccco2)C2CC2)CCC1. The number of hydrogen-bond donors (Lipinski definition) is 1. The van der Waals surface area contributed by atoms with Gasteiger partial charge in [0.15, 0.2) is 0 Å². The topological polar surface area (TPSA) is 59.5 Å². The van der Waals surface area contributed by atoms with Crippen LogP contribution in [0.2, 0.25) is 0 Å². The molecule has 0 radical (unpaired) electrons. The van der Waals surface area contributed by atoms with Gasteiger partial charge in [0.2, 0.25) is 5.91 Å². The Labute approximate surface area is 107 Å². The molecule has 0 spiro atoms. The van der Waals surface area contributed by atoms with Crippen LogP contribution < -0.4 is 5.73 Å². The minimum absolute atomic E-state index is 0.246. The van der Waals surface area contributed by atoms with Gasteiger partial charge in [0.25, 0.3) is 0 Å². The van der Waals surface area contributed by atoms with E-state index in [1.54, 1.807) is 6.26 Å². The predicted octanol–water partition coefficient (Wildman–Crippen LogP) is 1.90. The highest BCUT2D eigenvalue weighted by Gasteiger charge is 2.48. The Bertz CT molecular complexity index is 414. The molecule has 2 aliphatic rings. The Morgan fingerprint density at radius 2 is 2.28 bits per heavy atom. The highest BCUT2D eigenvalue weighted by molar-refractivity contribution is 5.84. The van der Waals surface area contributed by atoms with Crippen molar-refractivity contribution in [3.63, 3.8) is 0 Å². The van der Waals surface area contributed by atoms with E-state index in [9.17, 15) is 4.79 Å². The zero-order valence-corrected chi connectivity index (χ0v) is 10.6. The normalized spacial score (nSPS) is 21.4. The quantitative estimate of drug-likeness (QED) is 0.865. The number of hydrogen-bond acceptors (Lipinski definition) is 3. The van der Waals surface area contributed by atoms with Crippen molar-refractivity contribution in [3.05, 3.63) is 24.2 Å². The summed E-state index contributed by atoms with van der Waals surface area (Å²) >= 11 is 0. The first kappa shape index (κ1) is 11.8. The predicted molar refractivity (Wildman–Crippen MR) is 67.6 cm³/mol. The standard InChI is InChI=1S/C14H20N2O2/c15-10-14(6-2-7-14)13(17)16(11-4-5-11)9-12-3-1-8-18-12/h1,3,8,11H,2,4-7,9-10,15H2. The van der Waals surface area contributed by atoms with Crippen molar-refractivity contribution < 1.29 is 9.21 Å². The van der Waals surface area contributed by atoms with Gasteiger partial charge in [-0.3, -0.25) is 4.79 Å². The van der Waals surface area contributed by atoms with Crippen LogP contribution in [0, 0.1) is 5.41 Å². The molecule has 1 amide bonds. The molecule has 2 aliphatic carbocycles. The van der Waals surface area contributed by atoms with Crippen LogP contribution in [0.5, 0.6) is 0 Å². The second kappa shape index (κ2) is 4.43. The summed E-state index contributed by atoms with van der Waals surface area (Å²) in [7, 11) is 0. The number of rotatable bonds is 5. The Morgan fingerprint density at radius 1 is 1.50 bits per heavy atom. The van der Waals surface area contributed by atoms with E-state index in [0.29, 0.717) is 19.1 Å². The lowest BCUT2D eigenvalue weighted by Crippen LogP contribution is -2.52. The van der Waals surface area contributed by atoms with Gasteiger partial charge in [-0.05, 0) is 37.8 Å². The van der Waals surface area contributed by atoms with Gasteiger partial charge < -0.3 is 15.1 Å². The highest BCUT2D eigenvalue weighted by atomic mass is 16.3. The fraction of sp³-hybridized carbons (Fsp3) is 0.643. The van der Waals surface area contributed by atoms with Crippen molar-refractivity contribution in [2.24, 2.45) is 11.1 Å². The number of furan rings is 1. The molecule has 0 unspecified atom stereocenters. The van der Waals surface area contributed by atoms with Crippen LogP contribution in [-0.4, -0.2) is 23.4 Å². The second-order valence-electron chi connectivity index (χ2n) is 5.58. The molecule has 18 heavy (non-hydrogen) atoms. The molecular weight excluding hydrogens is 228 g/mol. The van der Waals surface area contributed by atoms with E-state index in [-0.39, 0.29) is 11.3 Å². The molecule has 1 aromatic rings. The summed E-state index contributed by atoms with van der Waals surface area (Å²) in [5.74, 6) is 1.11. The summed E-state index contributed by atoms with van der Waals surface area (Å²) in [5.41, 5.74) is 5.56. The van der Waals surface area contributed by atoms with E-state index < -0.39 is 0 Å². The number of carbonyl (C=O) groups excluding carboxylic acids is 1. The Hall–Kier alpha value is -1.29. The Morgan fingerprint density at radius 3 is 2.72 bits per heavy atom. The van der Waals surface area contributed by atoms with E-state index in [1.165, 1.54) is 0 Å². The maximum absolute atomic E-state index is 12.7. The summed E-state index contributed by atoms with van der Waals surface area (Å²) in [6.07, 6.45) is 6.92. The zero-order valence-electron chi connectivity index (χ0n) is 10.6. The number of nitrogens with two attached hydrogens (primary N) is 1. The molecule has 2 fully saturated rings. The average molecular weight is 248 g/mol. The number of carbonyl (C=O) groups is 1. The lowest BCUT2D eigenvalue weighted by atomic mass is 9.67. The van der Waals surface area contributed by atoms with Gasteiger partial charge in [0, 0.05) is 12.6 Å². The van der Waals surface area contributed by atoms with Gasteiger partial charge in [-0.15, -0.1) is 0 Å². The molecule has 1 heterocycles. The Balaban J connectivity index is 1.75. The van der Waals surface area contributed by atoms with Crippen molar-refractivity contribution in [1.29, 1.82) is 0 Å². The summed E-state index contributed by atoms with van der Waals surface area (Å²) < 4.78 is 5.36.